The standard InChI is InChI=1S/C18H31N5S/c1-3-16-11-20-17(24-16)12-21-18(19-4-2)23-10-7-15(14-23)13-22-8-5-6-9-22/h11,15H,3-10,12-14H2,1-2H3,(H,19,21). The number of nitrogens with one attached hydrogen (secondary N) is 1. The third-order valence-electron chi connectivity index (χ3n) is 4.95. The normalized spacial score (nSPS) is 22.5. The maximum Gasteiger partial charge on any atom is 0.194 e. The van der Waals surface area contributed by atoms with Gasteiger partial charge in [-0.1, -0.05) is 6.92 Å². The first-order valence-electron chi connectivity index (χ1n) is 9.47. The molecule has 24 heavy (non-hydrogen) atoms. The van der Waals surface area contributed by atoms with Gasteiger partial charge in [0.1, 0.15) is 5.01 Å². The Kier molecular flexibility index (Phi) is 6.49. The van der Waals surface area contributed by atoms with Gasteiger partial charge in [-0.3, -0.25) is 0 Å². The summed E-state index contributed by atoms with van der Waals surface area (Å²) in [4.78, 5) is 15.8. The average molecular weight is 350 g/mol. The van der Waals surface area contributed by atoms with Gasteiger partial charge in [-0.2, -0.15) is 0 Å². The van der Waals surface area contributed by atoms with Crippen molar-refractivity contribution in [2.24, 2.45) is 10.9 Å². The molecule has 2 fully saturated rings. The summed E-state index contributed by atoms with van der Waals surface area (Å²) in [5, 5.41) is 4.59. The highest BCUT2D eigenvalue weighted by molar-refractivity contribution is 7.11. The summed E-state index contributed by atoms with van der Waals surface area (Å²) >= 11 is 1.79. The molecule has 3 rings (SSSR count). The maximum atomic E-state index is 4.85. The van der Waals surface area contributed by atoms with E-state index >= 15 is 0 Å². The molecule has 0 spiro atoms. The van der Waals surface area contributed by atoms with E-state index in [-0.39, 0.29) is 0 Å². The van der Waals surface area contributed by atoms with Crippen LogP contribution in [0.5, 0.6) is 0 Å². The second-order valence-electron chi connectivity index (χ2n) is 6.85. The number of thiazole rings is 1. The predicted octanol–water partition coefficient (Wildman–Crippen LogP) is 2.59. The SMILES string of the molecule is CCNC(=NCc1ncc(CC)s1)N1CCC(CN2CCCC2)C1. The average Bonchev–Trinajstić information content (AvgIpc) is 3.33. The summed E-state index contributed by atoms with van der Waals surface area (Å²) in [5.41, 5.74) is 0. The van der Waals surface area contributed by atoms with Crippen molar-refractivity contribution < 1.29 is 0 Å². The Morgan fingerprint density at radius 3 is 2.88 bits per heavy atom. The minimum atomic E-state index is 0.695. The van der Waals surface area contributed by atoms with Crippen LogP contribution in [-0.4, -0.2) is 60.0 Å². The molecular formula is C18H31N5S. The van der Waals surface area contributed by atoms with E-state index in [1.807, 2.05) is 6.20 Å². The smallest absolute Gasteiger partial charge is 0.194 e. The highest BCUT2D eigenvalue weighted by Gasteiger charge is 2.27. The summed E-state index contributed by atoms with van der Waals surface area (Å²) in [6, 6.07) is 0. The Bertz CT molecular complexity index is 535. The molecule has 2 aliphatic rings. The van der Waals surface area contributed by atoms with Gasteiger partial charge < -0.3 is 15.1 Å². The van der Waals surface area contributed by atoms with Crippen molar-refractivity contribution in [3.63, 3.8) is 0 Å². The van der Waals surface area contributed by atoms with E-state index in [1.54, 1.807) is 11.3 Å². The van der Waals surface area contributed by atoms with Crippen molar-refractivity contribution in [3.8, 4) is 0 Å². The highest BCUT2D eigenvalue weighted by Crippen LogP contribution is 2.20. The quantitative estimate of drug-likeness (QED) is 0.633. The molecule has 0 bridgehead atoms. The first kappa shape index (κ1) is 17.7. The summed E-state index contributed by atoms with van der Waals surface area (Å²) in [5.74, 6) is 1.85. The number of nitrogens with zero attached hydrogens (tertiary/aromatic N) is 4. The molecular weight excluding hydrogens is 318 g/mol. The van der Waals surface area contributed by atoms with Crippen molar-refractivity contribution in [2.45, 2.75) is 46.1 Å². The molecule has 1 N–H and O–H groups in total. The molecule has 0 aliphatic carbocycles. The van der Waals surface area contributed by atoms with Crippen molar-refractivity contribution in [2.75, 3.05) is 39.3 Å². The van der Waals surface area contributed by atoms with Gasteiger partial charge in [0.05, 0.1) is 6.54 Å². The van der Waals surface area contributed by atoms with Gasteiger partial charge in [-0.15, -0.1) is 11.3 Å². The molecule has 0 radical (unpaired) electrons. The lowest BCUT2D eigenvalue weighted by Crippen LogP contribution is -2.40. The van der Waals surface area contributed by atoms with Gasteiger partial charge in [0.2, 0.25) is 0 Å². The lowest BCUT2D eigenvalue weighted by molar-refractivity contribution is 0.281. The van der Waals surface area contributed by atoms with Crippen LogP contribution in [0.2, 0.25) is 0 Å². The number of hydrogen-bond donors (Lipinski definition) is 1. The zero-order valence-corrected chi connectivity index (χ0v) is 15.9. The van der Waals surface area contributed by atoms with Crippen LogP contribution in [0, 0.1) is 5.92 Å². The van der Waals surface area contributed by atoms with E-state index in [0.29, 0.717) is 6.54 Å². The summed E-state index contributed by atoms with van der Waals surface area (Å²) < 4.78 is 0. The largest absolute Gasteiger partial charge is 0.357 e. The molecule has 2 saturated heterocycles. The van der Waals surface area contributed by atoms with Gasteiger partial charge in [0, 0.05) is 37.3 Å². The van der Waals surface area contributed by atoms with Crippen molar-refractivity contribution in [1.82, 2.24) is 20.1 Å². The van der Waals surface area contributed by atoms with Gasteiger partial charge in [0.25, 0.3) is 0 Å². The lowest BCUT2D eigenvalue weighted by Gasteiger charge is -2.23. The fraction of sp³-hybridized carbons (Fsp3) is 0.778. The molecule has 134 valence electrons. The zero-order valence-electron chi connectivity index (χ0n) is 15.1. The van der Waals surface area contributed by atoms with Crippen LogP contribution in [0.4, 0.5) is 0 Å². The van der Waals surface area contributed by atoms with E-state index < -0.39 is 0 Å². The van der Waals surface area contributed by atoms with Crippen LogP contribution >= 0.6 is 11.3 Å². The van der Waals surface area contributed by atoms with Crippen LogP contribution in [0.1, 0.15) is 43.0 Å². The summed E-state index contributed by atoms with van der Waals surface area (Å²) in [6.07, 6.45) is 7.11. The Morgan fingerprint density at radius 2 is 2.17 bits per heavy atom. The fourth-order valence-corrected chi connectivity index (χ4v) is 4.44. The molecule has 1 aromatic heterocycles. The van der Waals surface area contributed by atoms with E-state index in [4.69, 9.17) is 4.99 Å². The Balaban J connectivity index is 1.55. The molecule has 3 heterocycles. The van der Waals surface area contributed by atoms with Crippen LogP contribution in [0.15, 0.2) is 11.2 Å². The number of guanidine groups is 1. The molecule has 1 unspecified atom stereocenters. The number of likely N-dealkylation sites (tertiary alicyclic amines) is 2. The van der Waals surface area contributed by atoms with Gasteiger partial charge in [-0.25, -0.2) is 9.98 Å². The van der Waals surface area contributed by atoms with Gasteiger partial charge in [-0.05, 0) is 51.6 Å². The van der Waals surface area contributed by atoms with Crippen molar-refractivity contribution in [1.29, 1.82) is 0 Å². The first-order chi connectivity index (χ1) is 11.8. The van der Waals surface area contributed by atoms with Gasteiger partial charge in [0.15, 0.2) is 5.96 Å². The van der Waals surface area contributed by atoms with Crippen LogP contribution < -0.4 is 5.32 Å². The first-order valence-corrected chi connectivity index (χ1v) is 10.3. The minimum absolute atomic E-state index is 0.695. The van der Waals surface area contributed by atoms with E-state index in [0.717, 1.165) is 42.9 Å². The van der Waals surface area contributed by atoms with Crippen LogP contribution in [0.25, 0.3) is 0 Å². The highest BCUT2D eigenvalue weighted by atomic mass is 32.1. The third kappa shape index (κ3) is 4.70. The number of hydrogen-bond acceptors (Lipinski definition) is 4. The molecule has 1 atom stereocenters. The second kappa shape index (κ2) is 8.81. The molecule has 2 aliphatic heterocycles. The molecule has 5 nitrogen and oxygen atoms in total. The Hall–Kier alpha value is -1.14. The summed E-state index contributed by atoms with van der Waals surface area (Å²) in [7, 11) is 0. The number of aryl methyl sites for hydroxylation is 1. The number of aromatic nitrogens is 1. The van der Waals surface area contributed by atoms with E-state index in [2.05, 4.69) is 33.9 Å². The lowest BCUT2D eigenvalue weighted by atomic mass is 10.1. The van der Waals surface area contributed by atoms with Gasteiger partial charge >= 0.3 is 0 Å². The Labute approximate surface area is 150 Å². The van der Waals surface area contributed by atoms with Crippen LogP contribution in [0.3, 0.4) is 0 Å². The predicted molar refractivity (Wildman–Crippen MR) is 102 cm³/mol. The number of rotatable bonds is 6. The summed E-state index contributed by atoms with van der Waals surface area (Å²) in [6.45, 7) is 12.1. The third-order valence-corrected chi connectivity index (χ3v) is 6.08. The second-order valence-corrected chi connectivity index (χ2v) is 8.05. The Morgan fingerprint density at radius 1 is 1.33 bits per heavy atom. The topological polar surface area (TPSA) is 43.8 Å². The minimum Gasteiger partial charge on any atom is -0.357 e. The fourth-order valence-electron chi connectivity index (χ4n) is 3.66. The molecule has 1 aromatic rings. The molecule has 6 heteroatoms. The van der Waals surface area contributed by atoms with Crippen molar-refractivity contribution >= 4 is 17.3 Å². The van der Waals surface area contributed by atoms with E-state index in [9.17, 15) is 0 Å². The maximum absolute atomic E-state index is 4.85. The molecule has 0 saturated carbocycles. The van der Waals surface area contributed by atoms with E-state index in [1.165, 1.54) is 43.8 Å². The zero-order chi connectivity index (χ0) is 16.8. The molecule has 0 amide bonds. The monoisotopic (exact) mass is 349 g/mol. The molecule has 0 aromatic carbocycles. The van der Waals surface area contributed by atoms with Crippen molar-refractivity contribution in [3.05, 3.63) is 16.1 Å². The number of aliphatic imine (C=N–C) groups is 1. The van der Waals surface area contributed by atoms with Crippen LogP contribution in [-0.2, 0) is 13.0 Å².